The van der Waals surface area contributed by atoms with Crippen molar-refractivity contribution >= 4 is 33.1 Å². The largest absolute Gasteiger partial charge is 0.361 e. The molecule has 0 N–H and O–H groups in total. The number of nitrogens with zero attached hydrogens (tertiary/aromatic N) is 2. The SMILES string of the molecule is CCS(=O)(=O)Oc1c(C(=O)c2ccc(Cl)c(C(C)=C(C)C)c2C)c(C)nn1C. The maximum Gasteiger partial charge on any atom is 0.310 e. The van der Waals surface area contributed by atoms with Crippen LogP contribution >= 0.6 is 11.6 Å². The van der Waals surface area contributed by atoms with Crippen LogP contribution in [0.25, 0.3) is 5.57 Å². The van der Waals surface area contributed by atoms with E-state index in [1.165, 1.54) is 18.7 Å². The van der Waals surface area contributed by atoms with Crippen molar-refractivity contribution in [1.82, 2.24) is 9.78 Å². The average Bonchev–Trinajstić information content (AvgIpc) is 2.87. The van der Waals surface area contributed by atoms with Gasteiger partial charge in [0.25, 0.3) is 0 Å². The van der Waals surface area contributed by atoms with Crippen LogP contribution in [0.2, 0.25) is 5.02 Å². The molecule has 0 amide bonds. The van der Waals surface area contributed by atoms with Crippen molar-refractivity contribution in [2.45, 2.75) is 41.5 Å². The molecule has 2 rings (SSSR count). The smallest absolute Gasteiger partial charge is 0.310 e. The summed E-state index contributed by atoms with van der Waals surface area (Å²) in [5.74, 6) is -0.655. The summed E-state index contributed by atoms with van der Waals surface area (Å²) in [6, 6.07) is 3.32. The van der Waals surface area contributed by atoms with Gasteiger partial charge in [-0.3, -0.25) is 4.79 Å². The Balaban J connectivity index is 2.70. The molecule has 0 unspecified atom stereocenters. The second-order valence-electron chi connectivity index (χ2n) is 6.87. The summed E-state index contributed by atoms with van der Waals surface area (Å²) >= 11 is 6.40. The number of hydrogen-bond acceptors (Lipinski definition) is 5. The number of halogens is 1. The van der Waals surface area contributed by atoms with E-state index in [4.69, 9.17) is 15.8 Å². The van der Waals surface area contributed by atoms with Crippen LogP contribution in [0.1, 0.15) is 60.4 Å². The molecule has 8 heteroatoms. The first-order chi connectivity index (χ1) is 12.9. The second kappa shape index (κ2) is 8.09. The summed E-state index contributed by atoms with van der Waals surface area (Å²) in [6.45, 7) is 10.9. The Morgan fingerprint density at radius 3 is 2.32 bits per heavy atom. The van der Waals surface area contributed by atoms with Crippen molar-refractivity contribution in [3.8, 4) is 5.88 Å². The van der Waals surface area contributed by atoms with E-state index < -0.39 is 10.1 Å². The third-order valence-electron chi connectivity index (χ3n) is 4.74. The lowest BCUT2D eigenvalue weighted by Crippen LogP contribution is -2.16. The highest BCUT2D eigenvalue weighted by Crippen LogP contribution is 2.34. The Hall–Kier alpha value is -2.12. The van der Waals surface area contributed by atoms with Crippen molar-refractivity contribution in [2.24, 2.45) is 7.05 Å². The predicted octanol–water partition coefficient (Wildman–Crippen LogP) is 4.46. The summed E-state index contributed by atoms with van der Waals surface area (Å²) in [4.78, 5) is 13.4. The Labute approximate surface area is 171 Å². The third kappa shape index (κ3) is 4.15. The normalized spacial score (nSPS) is 11.4. The Morgan fingerprint density at radius 2 is 1.79 bits per heavy atom. The molecule has 0 fully saturated rings. The summed E-state index contributed by atoms with van der Waals surface area (Å²) in [5, 5.41) is 4.74. The van der Waals surface area contributed by atoms with Crippen LogP contribution in [0.3, 0.4) is 0 Å². The Morgan fingerprint density at radius 1 is 1.18 bits per heavy atom. The van der Waals surface area contributed by atoms with E-state index in [9.17, 15) is 13.2 Å². The first kappa shape index (κ1) is 22.2. The molecule has 1 aromatic carbocycles. The van der Waals surface area contributed by atoms with Gasteiger partial charge in [-0.15, -0.1) is 0 Å². The van der Waals surface area contributed by atoms with E-state index in [-0.39, 0.29) is 23.0 Å². The number of carbonyl (C=O) groups excluding carboxylic acids is 1. The van der Waals surface area contributed by atoms with Gasteiger partial charge in [0.2, 0.25) is 11.7 Å². The van der Waals surface area contributed by atoms with Crippen LogP contribution in [-0.4, -0.2) is 29.7 Å². The topological polar surface area (TPSA) is 78.3 Å². The fraction of sp³-hybridized carbons (Fsp3) is 0.400. The van der Waals surface area contributed by atoms with Crippen molar-refractivity contribution < 1.29 is 17.4 Å². The summed E-state index contributed by atoms with van der Waals surface area (Å²) in [5.41, 5.74) is 4.56. The third-order valence-corrected chi connectivity index (χ3v) is 6.17. The van der Waals surface area contributed by atoms with Gasteiger partial charge in [0.15, 0.2) is 0 Å². The standard InChI is InChI=1S/C20H25ClN2O4S/c1-8-28(25,26)27-20-18(14(6)22-23(20)7)19(24)15-9-10-16(21)17(13(15)5)12(4)11(2)3/h9-10H,8H2,1-7H3. The van der Waals surface area contributed by atoms with Crippen LogP contribution in [0.15, 0.2) is 17.7 Å². The summed E-state index contributed by atoms with van der Waals surface area (Å²) in [7, 11) is -2.27. The zero-order valence-corrected chi connectivity index (χ0v) is 18.7. The lowest BCUT2D eigenvalue weighted by atomic mass is 9.91. The number of aromatic nitrogens is 2. The average molecular weight is 425 g/mol. The van der Waals surface area contributed by atoms with Gasteiger partial charge in [-0.25, -0.2) is 4.68 Å². The van der Waals surface area contributed by atoms with E-state index in [2.05, 4.69) is 5.10 Å². The maximum absolute atomic E-state index is 13.4. The number of aryl methyl sites for hydroxylation is 2. The zero-order chi connectivity index (χ0) is 21.4. The number of benzene rings is 1. The number of allylic oxidation sites excluding steroid dienone is 2. The van der Waals surface area contributed by atoms with Gasteiger partial charge in [-0.1, -0.05) is 17.2 Å². The zero-order valence-electron chi connectivity index (χ0n) is 17.2. The minimum absolute atomic E-state index is 0.0841. The van der Waals surface area contributed by atoms with Gasteiger partial charge in [0.05, 0.1) is 11.4 Å². The molecule has 0 atom stereocenters. The van der Waals surface area contributed by atoms with Crippen LogP contribution < -0.4 is 4.18 Å². The van der Waals surface area contributed by atoms with E-state index in [0.29, 0.717) is 16.3 Å². The molecule has 0 spiro atoms. The monoisotopic (exact) mass is 424 g/mol. The molecule has 6 nitrogen and oxygen atoms in total. The van der Waals surface area contributed by atoms with Crippen LogP contribution in [-0.2, 0) is 17.2 Å². The molecule has 2 aromatic rings. The Kier molecular flexibility index (Phi) is 6.41. The second-order valence-corrected chi connectivity index (χ2v) is 9.13. The van der Waals surface area contributed by atoms with Crippen molar-refractivity contribution in [3.05, 3.63) is 50.7 Å². The molecular formula is C20H25ClN2O4S. The fourth-order valence-electron chi connectivity index (χ4n) is 2.94. The molecule has 0 saturated heterocycles. The minimum atomic E-state index is -3.81. The van der Waals surface area contributed by atoms with E-state index in [1.54, 1.807) is 19.1 Å². The summed E-state index contributed by atoms with van der Waals surface area (Å²) in [6.07, 6.45) is 0. The van der Waals surface area contributed by atoms with Gasteiger partial charge in [0.1, 0.15) is 5.56 Å². The fourth-order valence-corrected chi connectivity index (χ4v) is 3.84. The molecule has 0 radical (unpaired) electrons. The highest BCUT2D eigenvalue weighted by Gasteiger charge is 2.28. The molecular weight excluding hydrogens is 400 g/mol. The quantitative estimate of drug-likeness (QED) is 0.505. The van der Waals surface area contributed by atoms with Gasteiger partial charge >= 0.3 is 10.1 Å². The highest BCUT2D eigenvalue weighted by atomic mass is 35.5. The minimum Gasteiger partial charge on any atom is -0.361 e. The number of rotatable bonds is 6. The first-order valence-corrected chi connectivity index (χ1v) is 10.8. The van der Waals surface area contributed by atoms with Gasteiger partial charge in [0, 0.05) is 17.6 Å². The predicted molar refractivity (Wildman–Crippen MR) is 112 cm³/mol. The molecule has 28 heavy (non-hydrogen) atoms. The molecule has 152 valence electrons. The van der Waals surface area contributed by atoms with Gasteiger partial charge in [-0.2, -0.15) is 13.5 Å². The summed E-state index contributed by atoms with van der Waals surface area (Å²) < 4.78 is 30.4. The molecule has 0 saturated carbocycles. The van der Waals surface area contributed by atoms with Gasteiger partial charge < -0.3 is 4.18 Å². The van der Waals surface area contributed by atoms with E-state index >= 15 is 0 Å². The molecule has 0 aliphatic heterocycles. The molecule has 0 aliphatic carbocycles. The van der Waals surface area contributed by atoms with Crippen LogP contribution in [0, 0.1) is 13.8 Å². The number of ketones is 1. The molecule has 1 aromatic heterocycles. The van der Waals surface area contributed by atoms with Gasteiger partial charge in [-0.05, 0) is 70.4 Å². The lowest BCUT2D eigenvalue weighted by Gasteiger charge is -2.15. The number of hydrogen-bond donors (Lipinski definition) is 0. The maximum atomic E-state index is 13.4. The van der Waals surface area contributed by atoms with Crippen LogP contribution in [0.4, 0.5) is 0 Å². The lowest BCUT2D eigenvalue weighted by molar-refractivity contribution is 0.103. The van der Waals surface area contributed by atoms with E-state index in [0.717, 1.165) is 22.3 Å². The van der Waals surface area contributed by atoms with Crippen LogP contribution in [0.5, 0.6) is 5.88 Å². The van der Waals surface area contributed by atoms with Crippen molar-refractivity contribution in [2.75, 3.05) is 5.75 Å². The van der Waals surface area contributed by atoms with Crippen molar-refractivity contribution in [1.29, 1.82) is 0 Å². The van der Waals surface area contributed by atoms with Crippen molar-refractivity contribution in [3.63, 3.8) is 0 Å². The molecule has 0 bridgehead atoms. The first-order valence-electron chi connectivity index (χ1n) is 8.85. The number of carbonyl (C=O) groups is 1. The molecule has 0 aliphatic rings. The Bertz CT molecular complexity index is 1080. The molecule has 1 heterocycles. The van der Waals surface area contributed by atoms with E-state index in [1.807, 2.05) is 27.7 Å². The highest BCUT2D eigenvalue weighted by molar-refractivity contribution is 7.87.